The number of hydrogen-bond acceptors (Lipinski definition) is 4. The van der Waals surface area contributed by atoms with Crippen LogP contribution in [0.5, 0.6) is 0 Å². The van der Waals surface area contributed by atoms with Gasteiger partial charge in [0.25, 0.3) is 5.91 Å². The molecule has 5 nitrogen and oxygen atoms in total. The molecule has 0 aliphatic heterocycles. The van der Waals surface area contributed by atoms with Gasteiger partial charge >= 0.3 is 6.18 Å². The van der Waals surface area contributed by atoms with Gasteiger partial charge in [0, 0.05) is 22.3 Å². The van der Waals surface area contributed by atoms with Gasteiger partial charge in [-0.25, -0.2) is 9.37 Å². The number of aromatic nitrogens is 2. The maximum atomic E-state index is 14.3. The minimum atomic E-state index is -4.46. The lowest BCUT2D eigenvalue weighted by Crippen LogP contribution is -2.13. The summed E-state index contributed by atoms with van der Waals surface area (Å²) in [6.07, 6.45) is -4.46. The average Bonchev–Trinajstić information content (AvgIpc) is 3.34. The molecule has 0 radical (unpaired) electrons. The molecule has 10 heteroatoms. The fourth-order valence-electron chi connectivity index (χ4n) is 3.45. The third kappa shape index (κ3) is 4.75. The molecule has 2 aromatic heterocycles. The zero-order valence-electron chi connectivity index (χ0n) is 17.3. The summed E-state index contributed by atoms with van der Waals surface area (Å²) in [4.78, 5) is 16.4. The highest BCUT2D eigenvalue weighted by Crippen LogP contribution is 2.34. The summed E-state index contributed by atoms with van der Waals surface area (Å²) in [6, 6.07) is 12.7. The van der Waals surface area contributed by atoms with Gasteiger partial charge in [-0.1, -0.05) is 24.3 Å². The van der Waals surface area contributed by atoms with Crippen molar-refractivity contribution in [2.75, 3.05) is 5.32 Å². The molecule has 33 heavy (non-hydrogen) atoms. The molecular formula is C23H18F4N4OS. The summed E-state index contributed by atoms with van der Waals surface area (Å²) in [7, 11) is 0. The molecule has 0 bridgehead atoms. The van der Waals surface area contributed by atoms with Crippen LogP contribution in [-0.2, 0) is 12.7 Å². The number of nitrogens with one attached hydrogen (secondary N) is 1. The van der Waals surface area contributed by atoms with Crippen LogP contribution in [0.1, 0.15) is 27.2 Å². The standard InChI is InChI=1S/C23H18F4N4OS/c1-13-17(21(28)32)10-20(31(13)11-14-5-2-3-8-18(14)24)19-12-33-22(30-19)29-16-7-4-6-15(9-16)23(25,26)27/h2-10,12H,11H2,1H3,(H2,28,32)(H,29,30). The van der Waals surface area contributed by atoms with Crippen molar-refractivity contribution in [3.63, 3.8) is 0 Å². The van der Waals surface area contributed by atoms with Gasteiger partial charge < -0.3 is 15.6 Å². The Kier molecular flexibility index (Phi) is 5.94. The summed E-state index contributed by atoms with van der Waals surface area (Å²) < 4.78 is 54.9. The SMILES string of the molecule is Cc1c(C(N)=O)cc(-c2csc(Nc3cccc(C(F)(F)F)c3)n2)n1Cc1ccccc1F. The van der Waals surface area contributed by atoms with E-state index in [1.54, 1.807) is 41.1 Å². The average molecular weight is 474 g/mol. The minimum absolute atomic E-state index is 0.148. The van der Waals surface area contributed by atoms with Crippen LogP contribution < -0.4 is 11.1 Å². The monoisotopic (exact) mass is 474 g/mol. The van der Waals surface area contributed by atoms with Crippen LogP contribution in [0.25, 0.3) is 11.4 Å². The van der Waals surface area contributed by atoms with E-state index in [1.807, 2.05) is 0 Å². The van der Waals surface area contributed by atoms with Crippen molar-refractivity contribution in [1.82, 2.24) is 9.55 Å². The number of benzene rings is 2. The topological polar surface area (TPSA) is 72.9 Å². The lowest BCUT2D eigenvalue weighted by atomic mass is 10.2. The molecule has 0 fully saturated rings. The molecule has 0 atom stereocenters. The molecule has 0 aliphatic rings. The van der Waals surface area contributed by atoms with Gasteiger partial charge in [0.05, 0.1) is 29.1 Å². The van der Waals surface area contributed by atoms with E-state index in [9.17, 15) is 22.4 Å². The molecule has 0 saturated carbocycles. The maximum Gasteiger partial charge on any atom is 0.416 e. The van der Waals surface area contributed by atoms with Gasteiger partial charge in [-0.05, 0) is 37.3 Å². The second kappa shape index (κ2) is 8.70. The Labute approximate surface area is 190 Å². The number of nitrogens with two attached hydrogens (primary N) is 1. The summed E-state index contributed by atoms with van der Waals surface area (Å²) in [6.45, 7) is 1.85. The number of anilines is 2. The Hall–Kier alpha value is -3.66. The molecule has 2 heterocycles. The summed E-state index contributed by atoms with van der Waals surface area (Å²) >= 11 is 1.19. The quantitative estimate of drug-likeness (QED) is 0.338. The number of primary amides is 1. The van der Waals surface area contributed by atoms with Gasteiger partial charge in [-0.15, -0.1) is 11.3 Å². The first-order chi connectivity index (χ1) is 15.6. The summed E-state index contributed by atoms with van der Waals surface area (Å²) in [5, 5.41) is 4.94. The third-order valence-corrected chi connectivity index (χ3v) is 5.88. The van der Waals surface area contributed by atoms with E-state index in [-0.39, 0.29) is 23.6 Å². The van der Waals surface area contributed by atoms with Crippen LogP contribution in [0.3, 0.4) is 0 Å². The number of alkyl halides is 3. The molecule has 2 aromatic carbocycles. The first-order valence-electron chi connectivity index (χ1n) is 9.77. The van der Waals surface area contributed by atoms with Crippen LogP contribution in [0.2, 0.25) is 0 Å². The van der Waals surface area contributed by atoms with E-state index in [0.717, 1.165) is 12.1 Å². The Bertz CT molecular complexity index is 1330. The van der Waals surface area contributed by atoms with Gasteiger partial charge in [0.1, 0.15) is 5.82 Å². The van der Waals surface area contributed by atoms with E-state index in [1.165, 1.54) is 29.5 Å². The molecule has 170 valence electrons. The van der Waals surface area contributed by atoms with Crippen LogP contribution >= 0.6 is 11.3 Å². The van der Waals surface area contributed by atoms with Gasteiger partial charge in [-0.3, -0.25) is 4.79 Å². The Morgan fingerprint density at radius 1 is 1.15 bits per heavy atom. The molecule has 4 aromatic rings. The van der Waals surface area contributed by atoms with Crippen molar-refractivity contribution in [1.29, 1.82) is 0 Å². The lowest BCUT2D eigenvalue weighted by Gasteiger charge is -2.12. The first-order valence-corrected chi connectivity index (χ1v) is 10.6. The molecular weight excluding hydrogens is 456 g/mol. The fourth-order valence-corrected chi connectivity index (χ4v) is 4.18. The summed E-state index contributed by atoms with van der Waals surface area (Å²) in [5.74, 6) is -1.01. The van der Waals surface area contributed by atoms with E-state index < -0.39 is 17.6 Å². The molecule has 0 unspecified atom stereocenters. The number of carbonyl (C=O) groups is 1. The maximum absolute atomic E-state index is 14.3. The molecule has 0 spiro atoms. The van der Waals surface area contributed by atoms with Crippen molar-refractivity contribution in [2.45, 2.75) is 19.6 Å². The second-order valence-electron chi connectivity index (χ2n) is 7.31. The summed E-state index contributed by atoms with van der Waals surface area (Å²) in [5.41, 5.74) is 7.24. The first kappa shape index (κ1) is 22.5. The highest BCUT2D eigenvalue weighted by atomic mass is 32.1. The third-order valence-electron chi connectivity index (χ3n) is 5.13. The second-order valence-corrected chi connectivity index (χ2v) is 8.17. The lowest BCUT2D eigenvalue weighted by molar-refractivity contribution is -0.137. The number of carbonyl (C=O) groups excluding carboxylic acids is 1. The zero-order chi connectivity index (χ0) is 23.8. The highest BCUT2D eigenvalue weighted by molar-refractivity contribution is 7.14. The van der Waals surface area contributed by atoms with Gasteiger partial charge in [0.2, 0.25) is 0 Å². The fraction of sp³-hybridized carbons (Fsp3) is 0.130. The van der Waals surface area contributed by atoms with E-state index >= 15 is 0 Å². The number of amides is 1. The van der Waals surface area contributed by atoms with Crippen molar-refractivity contribution < 1.29 is 22.4 Å². The largest absolute Gasteiger partial charge is 0.416 e. The number of thiazole rings is 1. The van der Waals surface area contributed by atoms with E-state index in [0.29, 0.717) is 27.8 Å². The normalized spacial score (nSPS) is 11.5. The van der Waals surface area contributed by atoms with E-state index in [4.69, 9.17) is 5.73 Å². The smallest absolute Gasteiger partial charge is 0.366 e. The van der Waals surface area contributed by atoms with Crippen molar-refractivity contribution >= 4 is 28.1 Å². The Morgan fingerprint density at radius 2 is 1.91 bits per heavy atom. The van der Waals surface area contributed by atoms with E-state index in [2.05, 4.69) is 10.3 Å². The van der Waals surface area contributed by atoms with Crippen molar-refractivity contribution in [3.05, 3.63) is 88.2 Å². The molecule has 0 aliphatic carbocycles. The number of nitrogens with zero attached hydrogens (tertiary/aromatic N) is 2. The molecule has 1 amide bonds. The predicted octanol–water partition coefficient (Wildman–Crippen LogP) is 5.97. The predicted molar refractivity (Wildman–Crippen MR) is 119 cm³/mol. The number of rotatable bonds is 6. The highest BCUT2D eigenvalue weighted by Gasteiger charge is 2.30. The molecule has 4 rings (SSSR count). The number of halogens is 4. The minimum Gasteiger partial charge on any atom is -0.366 e. The molecule has 0 saturated heterocycles. The Balaban J connectivity index is 1.68. The van der Waals surface area contributed by atoms with Gasteiger partial charge in [0.15, 0.2) is 5.13 Å². The zero-order valence-corrected chi connectivity index (χ0v) is 18.1. The van der Waals surface area contributed by atoms with Crippen molar-refractivity contribution in [3.8, 4) is 11.4 Å². The van der Waals surface area contributed by atoms with Gasteiger partial charge in [-0.2, -0.15) is 13.2 Å². The Morgan fingerprint density at radius 3 is 2.61 bits per heavy atom. The van der Waals surface area contributed by atoms with Crippen LogP contribution in [-0.4, -0.2) is 15.5 Å². The molecule has 3 N–H and O–H groups in total. The number of hydrogen-bond donors (Lipinski definition) is 2. The van der Waals surface area contributed by atoms with Crippen molar-refractivity contribution in [2.24, 2.45) is 5.73 Å². The van der Waals surface area contributed by atoms with Crippen LogP contribution in [0, 0.1) is 12.7 Å². The van der Waals surface area contributed by atoms with Crippen LogP contribution in [0.15, 0.2) is 60.0 Å². The van der Waals surface area contributed by atoms with Crippen LogP contribution in [0.4, 0.5) is 28.4 Å².